The number of para-hydroxylation sites is 1. The quantitative estimate of drug-likeness (QED) is 0.465. The standard InChI is InChI=1S/C21H16FN5S/c22-14-8-5-12(6-9-14)20-26-19(23)18-21(27-20)28-17(25-18)10-7-13-11-24-16-4-2-1-3-15(13)16/h1-6,8-9,11,24H,7,10H2,(H2,23,26,27). The number of halogens is 1. The molecule has 0 saturated carbocycles. The van der Waals surface area contributed by atoms with E-state index in [4.69, 9.17) is 5.73 Å². The molecule has 0 aliphatic rings. The highest BCUT2D eigenvalue weighted by atomic mass is 32.1. The maximum absolute atomic E-state index is 13.2. The molecule has 5 aromatic rings. The summed E-state index contributed by atoms with van der Waals surface area (Å²) in [5.74, 6) is 0.533. The first-order valence-electron chi connectivity index (χ1n) is 8.91. The third kappa shape index (κ3) is 2.99. The molecule has 7 heteroatoms. The second-order valence-electron chi connectivity index (χ2n) is 6.56. The zero-order valence-corrected chi connectivity index (χ0v) is 15.6. The van der Waals surface area contributed by atoms with Crippen LogP contribution >= 0.6 is 11.3 Å². The predicted octanol–water partition coefficient (Wildman–Crippen LogP) is 4.74. The van der Waals surface area contributed by atoms with Gasteiger partial charge in [-0.2, -0.15) is 0 Å². The average molecular weight is 389 g/mol. The number of aromatic nitrogens is 4. The van der Waals surface area contributed by atoms with Crippen LogP contribution in [0, 0.1) is 5.82 Å². The number of anilines is 1. The molecule has 0 atom stereocenters. The van der Waals surface area contributed by atoms with E-state index in [1.807, 2.05) is 12.1 Å². The first-order chi connectivity index (χ1) is 13.7. The third-order valence-electron chi connectivity index (χ3n) is 4.72. The van der Waals surface area contributed by atoms with Gasteiger partial charge in [-0.1, -0.05) is 29.5 Å². The minimum atomic E-state index is -0.296. The molecule has 0 unspecified atom stereocenters. The van der Waals surface area contributed by atoms with E-state index in [1.165, 1.54) is 34.4 Å². The summed E-state index contributed by atoms with van der Waals surface area (Å²) in [5.41, 5.74) is 9.88. The Morgan fingerprint density at radius 2 is 1.79 bits per heavy atom. The van der Waals surface area contributed by atoms with Crippen LogP contribution in [0.1, 0.15) is 10.6 Å². The lowest BCUT2D eigenvalue weighted by Gasteiger charge is -2.01. The lowest BCUT2D eigenvalue weighted by Crippen LogP contribution is -1.97. The molecule has 0 fully saturated rings. The molecule has 0 bridgehead atoms. The third-order valence-corrected chi connectivity index (χ3v) is 5.72. The summed E-state index contributed by atoms with van der Waals surface area (Å²) in [7, 11) is 0. The molecule has 0 aliphatic carbocycles. The van der Waals surface area contributed by atoms with Crippen LogP contribution in [0.15, 0.2) is 54.7 Å². The van der Waals surface area contributed by atoms with E-state index in [2.05, 4.69) is 38.3 Å². The molecule has 3 N–H and O–H groups in total. The zero-order valence-electron chi connectivity index (χ0n) is 14.8. The zero-order chi connectivity index (χ0) is 19.1. The van der Waals surface area contributed by atoms with Crippen molar-refractivity contribution in [3.63, 3.8) is 0 Å². The lowest BCUT2D eigenvalue weighted by molar-refractivity contribution is 0.628. The van der Waals surface area contributed by atoms with Gasteiger partial charge < -0.3 is 10.7 Å². The van der Waals surface area contributed by atoms with Crippen molar-refractivity contribution in [3.05, 3.63) is 71.1 Å². The van der Waals surface area contributed by atoms with Crippen LogP contribution < -0.4 is 5.73 Å². The van der Waals surface area contributed by atoms with Gasteiger partial charge in [-0.15, -0.1) is 0 Å². The van der Waals surface area contributed by atoms with Gasteiger partial charge in [0.05, 0.1) is 5.01 Å². The highest BCUT2D eigenvalue weighted by molar-refractivity contribution is 7.18. The second-order valence-corrected chi connectivity index (χ2v) is 7.62. The van der Waals surface area contributed by atoms with Gasteiger partial charge in [0.2, 0.25) is 0 Å². The number of rotatable bonds is 4. The van der Waals surface area contributed by atoms with E-state index >= 15 is 0 Å². The van der Waals surface area contributed by atoms with Crippen LogP contribution in [0.2, 0.25) is 0 Å². The lowest BCUT2D eigenvalue weighted by atomic mass is 10.1. The topological polar surface area (TPSA) is 80.5 Å². The first-order valence-corrected chi connectivity index (χ1v) is 9.73. The number of nitrogens with two attached hydrogens (primary N) is 1. The van der Waals surface area contributed by atoms with E-state index in [0.29, 0.717) is 17.2 Å². The summed E-state index contributed by atoms with van der Waals surface area (Å²) >= 11 is 1.52. The number of aromatic amines is 1. The van der Waals surface area contributed by atoms with Gasteiger partial charge in [-0.05, 0) is 42.3 Å². The Labute approximate surface area is 164 Å². The van der Waals surface area contributed by atoms with Gasteiger partial charge in [0, 0.05) is 29.1 Å². The monoisotopic (exact) mass is 389 g/mol. The van der Waals surface area contributed by atoms with Crippen molar-refractivity contribution in [3.8, 4) is 11.4 Å². The normalized spacial score (nSPS) is 11.5. The average Bonchev–Trinajstić information content (AvgIpc) is 3.31. The number of aryl methyl sites for hydroxylation is 2. The number of benzene rings is 2. The molecule has 0 aliphatic heterocycles. The maximum atomic E-state index is 13.2. The van der Waals surface area contributed by atoms with Crippen molar-refractivity contribution in [1.82, 2.24) is 19.9 Å². The van der Waals surface area contributed by atoms with Gasteiger partial charge in [0.15, 0.2) is 11.6 Å². The summed E-state index contributed by atoms with van der Waals surface area (Å²) in [4.78, 5) is 17.6. The van der Waals surface area contributed by atoms with E-state index in [-0.39, 0.29) is 5.82 Å². The Hall–Kier alpha value is -3.32. The van der Waals surface area contributed by atoms with E-state index in [9.17, 15) is 4.39 Å². The molecule has 5 nitrogen and oxygen atoms in total. The number of nitrogens with zero attached hydrogens (tertiary/aromatic N) is 3. The summed E-state index contributed by atoms with van der Waals surface area (Å²) in [6, 6.07) is 14.3. The predicted molar refractivity (Wildman–Crippen MR) is 111 cm³/mol. The highest BCUT2D eigenvalue weighted by Crippen LogP contribution is 2.28. The van der Waals surface area contributed by atoms with Crippen molar-refractivity contribution < 1.29 is 4.39 Å². The first kappa shape index (κ1) is 16.8. The number of thiazole rings is 1. The highest BCUT2D eigenvalue weighted by Gasteiger charge is 2.13. The fourth-order valence-corrected chi connectivity index (χ4v) is 4.24. The maximum Gasteiger partial charge on any atom is 0.163 e. The van der Waals surface area contributed by atoms with Gasteiger partial charge in [0.25, 0.3) is 0 Å². The number of nitrogen functional groups attached to an aromatic ring is 1. The molecule has 3 heterocycles. The molecule has 28 heavy (non-hydrogen) atoms. The Morgan fingerprint density at radius 1 is 0.964 bits per heavy atom. The van der Waals surface area contributed by atoms with Crippen molar-refractivity contribution in [2.45, 2.75) is 12.8 Å². The Morgan fingerprint density at radius 3 is 2.64 bits per heavy atom. The number of fused-ring (bicyclic) bond motifs is 2. The van der Waals surface area contributed by atoms with Gasteiger partial charge in [0.1, 0.15) is 16.2 Å². The van der Waals surface area contributed by atoms with Crippen molar-refractivity contribution in [2.75, 3.05) is 5.73 Å². The van der Waals surface area contributed by atoms with Gasteiger partial charge in [-0.3, -0.25) is 0 Å². The molecule has 0 spiro atoms. The van der Waals surface area contributed by atoms with Crippen molar-refractivity contribution >= 4 is 38.4 Å². The van der Waals surface area contributed by atoms with Crippen LogP contribution in [0.25, 0.3) is 32.6 Å². The molecule has 0 saturated heterocycles. The van der Waals surface area contributed by atoms with E-state index < -0.39 is 0 Å². The molecule has 138 valence electrons. The summed E-state index contributed by atoms with van der Waals surface area (Å²) in [6.45, 7) is 0. The molecule has 2 aromatic carbocycles. The number of H-pyrrole nitrogens is 1. The number of hydrogen-bond acceptors (Lipinski definition) is 5. The molecule has 5 rings (SSSR count). The van der Waals surface area contributed by atoms with Gasteiger partial charge in [-0.25, -0.2) is 19.3 Å². The summed E-state index contributed by atoms with van der Waals surface area (Å²) < 4.78 is 13.2. The molecule has 3 aromatic heterocycles. The minimum Gasteiger partial charge on any atom is -0.382 e. The molecular formula is C21H16FN5S. The minimum absolute atomic E-state index is 0.296. The SMILES string of the molecule is Nc1nc(-c2ccc(F)cc2)nc2sc(CCc3c[nH]c4ccccc34)nc12. The Kier molecular flexibility index (Phi) is 4.02. The van der Waals surface area contributed by atoms with Crippen LogP contribution in [0.3, 0.4) is 0 Å². The van der Waals surface area contributed by atoms with Crippen LogP contribution in [0.5, 0.6) is 0 Å². The Balaban J connectivity index is 1.44. The van der Waals surface area contributed by atoms with Crippen LogP contribution in [0.4, 0.5) is 10.2 Å². The summed E-state index contributed by atoms with van der Waals surface area (Å²) in [5, 5.41) is 2.21. The van der Waals surface area contributed by atoms with Crippen molar-refractivity contribution in [2.24, 2.45) is 0 Å². The fourth-order valence-electron chi connectivity index (χ4n) is 3.30. The van der Waals surface area contributed by atoms with Gasteiger partial charge >= 0.3 is 0 Å². The van der Waals surface area contributed by atoms with Crippen molar-refractivity contribution in [1.29, 1.82) is 0 Å². The molecule has 0 radical (unpaired) electrons. The van der Waals surface area contributed by atoms with E-state index in [1.54, 1.807) is 12.1 Å². The fraction of sp³-hybridized carbons (Fsp3) is 0.0952. The number of hydrogen-bond donors (Lipinski definition) is 2. The van der Waals surface area contributed by atoms with Crippen LogP contribution in [-0.2, 0) is 12.8 Å². The molecule has 0 amide bonds. The van der Waals surface area contributed by atoms with E-state index in [0.717, 1.165) is 33.8 Å². The number of nitrogens with one attached hydrogen (secondary N) is 1. The smallest absolute Gasteiger partial charge is 0.163 e. The Bertz CT molecular complexity index is 1290. The second kappa shape index (κ2) is 6.69. The largest absolute Gasteiger partial charge is 0.382 e. The molecular weight excluding hydrogens is 373 g/mol. The van der Waals surface area contributed by atoms with Crippen LogP contribution in [-0.4, -0.2) is 19.9 Å². The summed E-state index contributed by atoms with van der Waals surface area (Å²) in [6.07, 6.45) is 3.73.